The molecule has 146 valence electrons. The van der Waals surface area contributed by atoms with E-state index in [0.717, 1.165) is 28.3 Å². The third-order valence-electron chi connectivity index (χ3n) is 4.44. The molecule has 2 aromatic carbocycles. The Hall–Kier alpha value is -3.28. The summed E-state index contributed by atoms with van der Waals surface area (Å²) in [6.07, 6.45) is 0.647. The Balaban J connectivity index is 1.47. The van der Waals surface area contributed by atoms with E-state index in [4.69, 9.17) is 18.7 Å². The van der Waals surface area contributed by atoms with Crippen molar-refractivity contribution >= 4 is 5.97 Å². The summed E-state index contributed by atoms with van der Waals surface area (Å²) >= 11 is 0. The molecule has 0 aliphatic heterocycles. The van der Waals surface area contributed by atoms with E-state index in [2.05, 4.69) is 5.16 Å². The Labute approximate surface area is 164 Å². The zero-order valence-electron chi connectivity index (χ0n) is 16.2. The number of nitrogens with zero attached hydrogens (tertiary/aromatic N) is 1. The predicted octanol–water partition coefficient (Wildman–Crippen LogP) is 4.28. The van der Waals surface area contributed by atoms with Crippen LogP contribution >= 0.6 is 0 Å². The number of carbonyl (C=O) groups excluding carboxylic acids is 1. The van der Waals surface area contributed by atoms with Crippen molar-refractivity contribution in [1.29, 1.82) is 0 Å². The summed E-state index contributed by atoms with van der Waals surface area (Å²) in [6, 6.07) is 14.6. The molecule has 0 aliphatic rings. The van der Waals surface area contributed by atoms with Gasteiger partial charge in [0.15, 0.2) is 0 Å². The summed E-state index contributed by atoms with van der Waals surface area (Å²) in [5.74, 6) is 1.85. The van der Waals surface area contributed by atoms with E-state index in [9.17, 15) is 4.79 Å². The molecule has 0 fully saturated rings. The number of hydrogen-bond acceptors (Lipinski definition) is 6. The van der Waals surface area contributed by atoms with Crippen molar-refractivity contribution in [3.8, 4) is 11.5 Å². The zero-order valence-corrected chi connectivity index (χ0v) is 16.2. The van der Waals surface area contributed by atoms with Crippen LogP contribution in [-0.4, -0.2) is 24.8 Å². The van der Waals surface area contributed by atoms with E-state index < -0.39 is 0 Å². The summed E-state index contributed by atoms with van der Waals surface area (Å²) in [6.45, 7) is 4.41. The van der Waals surface area contributed by atoms with Crippen LogP contribution in [0.4, 0.5) is 0 Å². The van der Waals surface area contributed by atoms with Crippen molar-refractivity contribution in [3.05, 3.63) is 76.7 Å². The highest BCUT2D eigenvalue weighted by Crippen LogP contribution is 2.18. The molecule has 0 atom stereocenters. The molecule has 3 rings (SSSR count). The number of aromatic nitrogens is 1. The fourth-order valence-corrected chi connectivity index (χ4v) is 2.69. The summed E-state index contributed by atoms with van der Waals surface area (Å²) in [7, 11) is 1.63. The first-order chi connectivity index (χ1) is 13.6. The molecular weight excluding hydrogens is 358 g/mol. The molecule has 1 aromatic heterocycles. The average Bonchev–Trinajstić information content (AvgIpc) is 3.04. The first-order valence-electron chi connectivity index (χ1n) is 9.01. The van der Waals surface area contributed by atoms with E-state index in [1.165, 1.54) is 0 Å². The van der Waals surface area contributed by atoms with Crippen LogP contribution in [0.15, 0.2) is 53.1 Å². The maximum atomic E-state index is 12.2. The quantitative estimate of drug-likeness (QED) is 0.543. The number of rotatable bonds is 8. The number of ether oxygens (including phenoxy) is 3. The molecule has 0 unspecified atom stereocenters. The van der Waals surface area contributed by atoms with Crippen LogP contribution in [0.5, 0.6) is 11.5 Å². The second-order valence-electron chi connectivity index (χ2n) is 6.35. The van der Waals surface area contributed by atoms with Crippen molar-refractivity contribution in [2.45, 2.75) is 26.9 Å². The lowest BCUT2D eigenvalue weighted by atomic mass is 10.1. The molecule has 0 radical (unpaired) electrons. The third-order valence-corrected chi connectivity index (χ3v) is 4.44. The minimum absolute atomic E-state index is 0.315. The van der Waals surface area contributed by atoms with Gasteiger partial charge in [0.1, 0.15) is 23.9 Å². The number of hydrogen-bond donors (Lipinski definition) is 0. The van der Waals surface area contributed by atoms with E-state index in [1.807, 2.05) is 38.1 Å². The Morgan fingerprint density at radius 2 is 1.68 bits per heavy atom. The fourth-order valence-electron chi connectivity index (χ4n) is 2.69. The highest BCUT2D eigenvalue weighted by molar-refractivity contribution is 5.89. The van der Waals surface area contributed by atoms with Gasteiger partial charge in [0.2, 0.25) is 0 Å². The summed E-state index contributed by atoms with van der Waals surface area (Å²) < 4.78 is 21.3. The number of carbonyl (C=O) groups is 1. The first-order valence-corrected chi connectivity index (χ1v) is 9.01. The van der Waals surface area contributed by atoms with Crippen molar-refractivity contribution in [3.63, 3.8) is 0 Å². The Kier molecular flexibility index (Phi) is 6.32. The van der Waals surface area contributed by atoms with Gasteiger partial charge in [0.25, 0.3) is 0 Å². The highest BCUT2D eigenvalue weighted by Gasteiger charge is 2.11. The topological polar surface area (TPSA) is 70.8 Å². The molecule has 1 heterocycles. The second kappa shape index (κ2) is 9.08. The molecule has 28 heavy (non-hydrogen) atoms. The standard InChI is InChI=1S/C22H23NO5/c1-15-21(16(2)28-23-15)14-27-20-10-6-18(7-11-20)22(24)26-13-12-17-4-8-19(25-3)9-5-17/h4-11H,12-14H2,1-3H3. The van der Waals surface area contributed by atoms with Gasteiger partial charge < -0.3 is 18.7 Å². The van der Waals surface area contributed by atoms with E-state index in [-0.39, 0.29) is 5.97 Å². The van der Waals surface area contributed by atoms with Gasteiger partial charge in [0, 0.05) is 6.42 Å². The van der Waals surface area contributed by atoms with Gasteiger partial charge in [-0.15, -0.1) is 0 Å². The van der Waals surface area contributed by atoms with Crippen LogP contribution < -0.4 is 9.47 Å². The van der Waals surface area contributed by atoms with Gasteiger partial charge in [-0.05, 0) is 55.8 Å². The minimum Gasteiger partial charge on any atom is -0.497 e. The zero-order chi connectivity index (χ0) is 19.9. The second-order valence-corrected chi connectivity index (χ2v) is 6.35. The number of benzene rings is 2. The van der Waals surface area contributed by atoms with Crippen LogP contribution in [0, 0.1) is 13.8 Å². The molecule has 0 N–H and O–H groups in total. The first kappa shape index (κ1) is 19.5. The monoisotopic (exact) mass is 381 g/mol. The average molecular weight is 381 g/mol. The maximum Gasteiger partial charge on any atom is 0.338 e. The third kappa shape index (κ3) is 4.91. The molecule has 6 heteroatoms. The maximum absolute atomic E-state index is 12.2. The van der Waals surface area contributed by atoms with Crippen molar-refractivity contribution in [2.75, 3.05) is 13.7 Å². The van der Waals surface area contributed by atoms with Crippen molar-refractivity contribution in [1.82, 2.24) is 5.16 Å². The molecule has 0 amide bonds. The molecule has 0 saturated heterocycles. The number of esters is 1. The lowest BCUT2D eigenvalue weighted by Crippen LogP contribution is -2.08. The fraction of sp³-hybridized carbons (Fsp3) is 0.273. The molecule has 3 aromatic rings. The lowest BCUT2D eigenvalue weighted by Gasteiger charge is -2.08. The van der Waals surface area contributed by atoms with E-state index >= 15 is 0 Å². The summed E-state index contributed by atoms with van der Waals surface area (Å²) in [5, 5.41) is 3.90. The van der Waals surface area contributed by atoms with Gasteiger partial charge in [-0.3, -0.25) is 0 Å². The van der Waals surface area contributed by atoms with Crippen LogP contribution in [0.25, 0.3) is 0 Å². The molecular formula is C22H23NO5. The molecule has 0 saturated carbocycles. The normalized spacial score (nSPS) is 10.5. The SMILES string of the molecule is COc1ccc(CCOC(=O)c2ccc(OCc3c(C)noc3C)cc2)cc1. The summed E-state index contributed by atoms with van der Waals surface area (Å²) in [5.41, 5.74) is 3.31. The van der Waals surface area contributed by atoms with E-state index in [0.29, 0.717) is 30.9 Å². The van der Waals surface area contributed by atoms with Crippen molar-refractivity contribution < 1.29 is 23.5 Å². The number of methoxy groups -OCH3 is 1. The Morgan fingerprint density at radius 1 is 1.00 bits per heavy atom. The van der Waals surface area contributed by atoms with Gasteiger partial charge >= 0.3 is 5.97 Å². The minimum atomic E-state index is -0.356. The Morgan fingerprint density at radius 3 is 2.29 bits per heavy atom. The van der Waals surface area contributed by atoms with Gasteiger partial charge in [-0.25, -0.2) is 4.79 Å². The van der Waals surface area contributed by atoms with Gasteiger partial charge in [-0.1, -0.05) is 17.3 Å². The van der Waals surface area contributed by atoms with Crippen LogP contribution in [0.2, 0.25) is 0 Å². The molecule has 0 bridgehead atoms. The van der Waals surface area contributed by atoms with Crippen molar-refractivity contribution in [2.24, 2.45) is 0 Å². The van der Waals surface area contributed by atoms with Crippen LogP contribution in [0.3, 0.4) is 0 Å². The predicted molar refractivity (Wildman–Crippen MR) is 104 cm³/mol. The van der Waals surface area contributed by atoms with Gasteiger partial charge in [-0.2, -0.15) is 0 Å². The summed E-state index contributed by atoms with van der Waals surface area (Å²) in [4.78, 5) is 12.2. The smallest absolute Gasteiger partial charge is 0.338 e. The molecule has 6 nitrogen and oxygen atoms in total. The lowest BCUT2D eigenvalue weighted by molar-refractivity contribution is 0.0509. The largest absolute Gasteiger partial charge is 0.497 e. The van der Waals surface area contributed by atoms with Crippen LogP contribution in [-0.2, 0) is 17.8 Å². The molecule has 0 spiro atoms. The Bertz CT molecular complexity index is 894. The molecule has 0 aliphatic carbocycles. The van der Waals surface area contributed by atoms with Crippen LogP contribution in [0.1, 0.15) is 32.9 Å². The van der Waals surface area contributed by atoms with Gasteiger partial charge in [0.05, 0.1) is 30.5 Å². The highest BCUT2D eigenvalue weighted by atomic mass is 16.5. The number of aryl methyl sites for hydroxylation is 2. The van der Waals surface area contributed by atoms with E-state index in [1.54, 1.807) is 31.4 Å².